The second kappa shape index (κ2) is 5.78. The molecular formula is C21H18F4N4O. The van der Waals surface area contributed by atoms with Gasteiger partial charge in [0.25, 0.3) is 6.43 Å². The fourth-order valence-electron chi connectivity index (χ4n) is 6.68. The molecule has 0 spiro atoms. The first-order valence-electron chi connectivity index (χ1n) is 9.96. The van der Waals surface area contributed by atoms with E-state index in [4.69, 9.17) is 5.73 Å². The van der Waals surface area contributed by atoms with Gasteiger partial charge in [0.2, 0.25) is 5.91 Å². The van der Waals surface area contributed by atoms with Gasteiger partial charge < -0.3 is 5.73 Å². The highest BCUT2D eigenvalue weighted by atomic mass is 19.3. The number of alkyl halides is 2. The maximum Gasteiger partial charge on any atom is 0.251 e. The van der Waals surface area contributed by atoms with Gasteiger partial charge in [-0.3, -0.25) is 9.69 Å². The smallest absolute Gasteiger partial charge is 0.251 e. The minimum absolute atomic E-state index is 0.142. The van der Waals surface area contributed by atoms with Crippen LogP contribution in [0, 0.1) is 35.3 Å². The van der Waals surface area contributed by atoms with Crippen molar-refractivity contribution in [3.63, 3.8) is 0 Å². The van der Waals surface area contributed by atoms with Crippen LogP contribution >= 0.6 is 0 Å². The average molecular weight is 418 g/mol. The Balaban J connectivity index is 1.38. The molecule has 5 aliphatic carbocycles. The number of nitrogens with two attached hydrogens (primary N) is 1. The molecule has 1 amide bonds. The van der Waals surface area contributed by atoms with Gasteiger partial charge in [-0.25, -0.2) is 17.6 Å². The summed E-state index contributed by atoms with van der Waals surface area (Å²) in [6.07, 6.45) is -2.58. The molecule has 4 unspecified atom stereocenters. The topological polar surface area (TPSA) is 72.1 Å². The van der Waals surface area contributed by atoms with Crippen LogP contribution in [0.4, 0.5) is 17.6 Å². The van der Waals surface area contributed by atoms with Gasteiger partial charge in [-0.2, -0.15) is 10.2 Å². The lowest BCUT2D eigenvalue weighted by molar-refractivity contribution is -0.119. The van der Waals surface area contributed by atoms with Crippen LogP contribution in [0.3, 0.4) is 0 Å². The van der Waals surface area contributed by atoms with Crippen LogP contribution in [0.15, 0.2) is 24.3 Å². The zero-order valence-electron chi connectivity index (χ0n) is 15.7. The normalized spacial score (nSPS) is 33.7. The zero-order valence-corrected chi connectivity index (χ0v) is 15.7. The summed E-state index contributed by atoms with van der Waals surface area (Å²) in [5.74, 6) is -0.114. The monoisotopic (exact) mass is 418 g/mol. The first-order valence-corrected chi connectivity index (χ1v) is 9.96. The van der Waals surface area contributed by atoms with E-state index in [0.717, 1.165) is 11.3 Å². The van der Waals surface area contributed by atoms with E-state index in [1.165, 1.54) is 23.1 Å². The fraction of sp³-hybridized carbons (Fsp3) is 0.476. The van der Waals surface area contributed by atoms with E-state index in [-0.39, 0.29) is 24.3 Å². The van der Waals surface area contributed by atoms with Gasteiger partial charge in [-0.05, 0) is 53.4 Å². The van der Waals surface area contributed by atoms with Crippen molar-refractivity contribution in [3.05, 3.63) is 47.2 Å². The SMILES string of the molecule is NC(=O)CN(CC(F)F)C[C@]12c3nnc(-c4c(F)cccc4F)cc3[C@H]3C4C3C1C42. The summed E-state index contributed by atoms with van der Waals surface area (Å²) >= 11 is 0. The van der Waals surface area contributed by atoms with Gasteiger partial charge in [0.15, 0.2) is 0 Å². The van der Waals surface area contributed by atoms with E-state index in [9.17, 15) is 22.4 Å². The third kappa shape index (κ3) is 2.18. The van der Waals surface area contributed by atoms with Crippen molar-refractivity contribution < 1.29 is 22.4 Å². The Kier molecular flexibility index (Phi) is 3.51. The summed E-state index contributed by atoms with van der Waals surface area (Å²) in [6, 6.07) is 5.35. The quantitative estimate of drug-likeness (QED) is 0.701. The molecule has 1 heterocycles. The lowest BCUT2D eigenvalue weighted by Crippen LogP contribution is -2.43. The van der Waals surface area contributed by atoms with Crippen LogP contribution in [0.5, 0.6) is 0 Å². The number of halogens is 4. The van der Waals surface area contributed by atoms with Crippen molar-refractivity contribution in [1.82, 2.24) is 15.1 Å². The fourth-order valence-corrected chi connectivity index (χ4v) is 6.68. The molecule has 0 saturated heterocycles. The molecule has 156 valence electrons. The van der Waals surface area contributed by atoms with Gasteiger partial charge in [0.05, 0.1) is 30.0 Å². The van der Waals surface area contributed by atoms with E-state index in [0.29, 0.717) is 29.6 Å². The van der Waals surface area contributed by atoms with E-state index < -0.39 is 35.9 Å². The van der Waals surface area contributed by atoms with Gasteiger partial charge in [0, 0.05) is 12.0 Å². The highest BCUT2D eigenvalue weighted by molar-refractivity contribution is 5.76. The summed E-state index contributed by atoms with van der Waals surface area (Å²) < 4.78 is 54.6. The van der Waals surface area contributed by atoms with Crippen molar-refractivity contribution in [2.45, 2.75) is 17.8 Å². The standard InChI is InChI=1S/C21H18F4N4O/c22-9-2-1-3-10(23)15(9)11-4-8-14-16-17(14)19-18(16)21(19,20(8)28-27-11)7-29(5-12(24)25)6-13(26)30/h1-4,12,14,16-19H,5-7H2,(H2,26,30)/t14-,16?,17?,18?,19?,21+. The molecule has 2 aromatic rings. The third-order valence-electron chi connectivity index (χ3n) is 7.53. The Hall–Kier alpha value is -2.55. The van der Waals surface area contributed by atoms with Crippen LogP contribution in [-0.2, 0) is 10.2 Å². The highest BCUT2D eigenvalue weighted by Crippen LogP contribution is 2.94. The van der Waals surface area contributed by atoms with Crippen LogP contribution in [0.2, 0.25) is 0 Å². The molecule has 2 bridgehead atoms. The number of carbonyl (C=O) groups excluding carboxylic acids is 1. The third-order valence-corrected chi connectivity index (χ3v) is 7.53. The molecule has 0 radical (unpaired) electrons. The van der Waals surface area contributed by atoms with Crippen molar-refractivity contribution >= 4 is 5.91 Å². The molecule has 2 N–H and O–H groups in total. The zero-order chi connectivity index (χ0) is 20.9. The van der Waals surface area contributed by atoms with Crippen molar-refractivity contribution in [3.8, 4) is 11.3 Å². The minimum Gasteiger partial charge on any atom is -0.369 e. The summed E-state index contributed by atoms with van der Waals surface area (Å²) in [5, 5.41) is 8.48. The molecule has 1 aromatic carbocycles. The summed E-state index contributed by atoms with van der Waals surface area (Å²) in [6.45, 7) is -0.514. The predicted octanol–water partition coefficient (Wildman–Crippen LogP) is 2.31. The Labute approximate surface area is 169 Å². The van der Waals surface area contributed by atoms with Gasteiger partial charge in [-0.1, -0.05) is 6.07 Å². The van der Waals surface area contributed by atoms with E-state index >= 15 is 0 Å². The van der Waals surface area contributed by atoms with Crippen molar-refractivity contribution in [2.75, 3.05) is 19.6 Å². The lowest BCUT2D eigenvalue weighted by Gasteiger charge is -2.31. The first kappa shape index (κ1) is 18.2. The highest BCUT2D eigenvalue weighted by Gasteiger charge is 2.92. The number of nitrogens with zero attached hydrogens (tertiary/aromatic N) is 3. The average Bonchev–Trinajstić information content (AvgIpc) is 3.46. The number of hydrogen-bond donors (Lipinski definition) is 1. The summed E-state index contributed by atoms with van der Waals surface area (Å²) in [4.78, 5) is 12.8. The molecule has 3 saturated carbocycles. The summed E-state index contributed by atoms with van der Waals surface area (Å²) in [7, 11) is 0. The predicted molar refractivity (Wildman–Crippen MR) is 97.4 cm³/mol. The molecule has 9 heteroatoms. The minimum atomic E-state index is -2.58. The molecule has 30 heavy (non-hydrogen) atoms. The number of aromatic nitrogens is 2. The Bertz CT molecular complexity index is 1060. The van der Waals surface area contributed by atoms with E-state index in [1.807, 2.05) is 0 Å². The molecule has 3 fully saturated rings. The Morgan fingerprint density at radius 3 is 2.43 bits per heavy atom. The Morgan fingerprint density at radius 2 is 1.83 bits per heavy atom. The molecule has 5 aliphatic rings. The van der Waals surface area contributed by atoms with Crippen molar-refractivity contribution in [2.24, 2.45) is 29.4 Å². The van der Waals surface area contributed by atoms with Crippen LogP contribution in [0.25, 0.3) is 11.3 Å². The second-order valence-corrected chi connectivity index (χ2v) is 8.93. The lowest BCUT2D eigenvalue weighted by atomic mass is 9.83. The van der Waals surface area contributed by atoms with Crippen LogP contribution < -0.4 is 5.73 Å². The second-order valence-electron chi connectivity index (χ2n) is 8.93. The molecule has 0 aliphatic heterocycles. The number of carbonyl (C=O) groups is 1. The van der Waals surface area contributed by atoms with E-state index in [1.54, 1.807) is 6.07 Å². The maximum absolute atomic E-state index is 14.2. The Morgan fingerprint density at radius 1 is 1.17 bits per heavy atom. The number of amides is 1. The first-order chi connectivity index (χ1) is 14.3. The molecule has 7 rings (SSSR count). The number of benzene rings is 1. The summed E-state index contributed by atoms with van der Waals surface area (Å²) in [5.41, 5.74) is 6.43. The maximum atomic E-state index is 14.2. The van der Waals surface area contributed by atoms with Gasteiger partial charge in [0.1, 0.15) is 11.6 Å². The largest absolute Gasteiger partial charge is 0.369 e. The number of primary amides is 1. The van der Waals surface area contributed by atoms with E-state index in [2.05, 4.69) is 10.2 Å². The van der Waals surface area contributed by atoms with Crippen LogP contribution in [0.1, 0.15) is 17.2 Å². The van der Waals surface area contributed by atoms with Gasteiger partial charge in [-0.15, -0.1) is 0 Å². The number of rotatable bonds is 7. The van der Waals surface area contributed by atoms with Crippen LogP contribution in [-0.4, -0.2) is 47.1 Å². The van der Waals surface area contributed by atoms with Crippen molar-refractivity contribution in [1.29, 1.82) is 0 Å². The molecule has 4 atom stereocenters. The number of hydrogen-bond acceptors (Lipinski definition) is 4. The van der Waals surface area contributed by atoms with Gasteiger partial charge >= 0.3 is 0 Å². The molecule has 5 nitrogen and oxygen atoms in total. The molecule has 1 aromatic heterocycles. The molecular weight excluding hydrogens is 400 g/mol.